The molecule has 2 aliphatic rings. The van der Waals surface area contributed by atoms with Crippen molar-refractivity contribution in [2.45, 2.75) is 26.2 Å². The molecule has 0 radical (unpaired) electrons. The number of fused-ring (bicyclic) bond motifs is 1. The maximum absolute atomic E-state index is 12.7. The Labute approximate surface area is 192 Å². The van der Waals surface area contributed by atoms with Crippen molar-refractivity contribution in [3.05, 3.63) is 65.4 Å². The molecule has 8 heteroatoms. The number of para-hydroxylation sites is 1. The number of carbonyl (C=O) groups is 1. The van der Waals surface area contributed by atoms with Gasteiger partial charge in [0.2, 0.25) is 0 Å². The second kappa shape index (κ2) is 9.36. The Morgan fingerprint density at radius 2 is 1.79 bits per heavy atom. The van der Waals surface area contributed by atoms with E-state index in [1.165, 1.54) is 6.42 Å². The highest BCUT2D eigenvalue weighted by molar-refractivity contribution is 5.96. The van der Waals surface area contributed by atoms with Gasteiger partial charge in [0, 0.05) is 18.7 Å². The molecule has 0 bridgehead atoms. The van der Waals surface area contributed by atoms with Gasteiger partial charge >= 0.3 is 0 Å². The number of amides is 1. The Kier molecular flexibility index (Phi) is 5.97. The molecule has 0 spiro atoms. The fourth-order valence-corrected chi connectivity index (χ4v) is 4.24. The molecule has 3 aromatic rings. The highest BCUT2D eigenvalue weighted by Crippen LogP contribution is 2.31. The van der Waals surface area contributed by atoms with Crippen LogP contribution >= 0.6 is 0 Å². The maximum Gasteiger partial charge on any atom is 0.271 e. The van der Waals surface area contributed by atoms with Crippen molar-refractivity contribution in [1.82, 2.24) is 15.2 Å². The van der Waals surface area contributed by atoms with Crippen molar-refractivity contribution in [2.75, 3.05) is 31.2 Å². The summed E-state index contributed by atoms with van der Waals surface area (Å²) in [4.78, 5) is 15.0. The number of rotatable bonds is 5. The Morgan fingerprint density at radius 3 is 2.58 bits per heavy atom. The van der Waals surface area contributed by atoms with E-state index in [1.807, 2.05) is 41.9 Å². The van der Waals surface area contributed by atoms with Gasteiger partial charge in [-0.2, -0.15) is 10.2 Å². The van der Waals surface area contributed by atoms with E-state index < -0.39 is 0 Å². The van der Waals surface area contributed by atoms with Crippen LogP contribution in [0.3, 0.4) is 0 Å². The average Bonchev–Trinajstić information content (AvgIpc) is 3.20. The van der Waals surface area contributed by atoms with Gasteiger partial charge in [0.15, 0.2) is 11.5 Å². The number of hydrogen-bond donors (Lipinski definition) is 1. The first-order valence-corrected chi connectivity index (χ1v) is 11.3. The Balaban J connectivity index is 1.40. The van der Waals surface area contributed by atoms with Crippen LogP contribution in [0.2, 0.25) is 0 Å². The Bertz CT molecular complexity index is 1170. The largest absolute Gasteiger partial charge is 0.486 e. The van der Waals surface area contributed by atoms with Gasteiger partial charge in [-0.25, -0.2) is 10.1 Å². The molecule has 0 unspecified atom stereocenters. The molecule has 2 aliphatic heterocycles. The van der Waals surface area contributed by atoms with Crippen molar-refractivity contribution in [3.63, 3.8) is 0 Å². The SMILES string of the molecule is Cc1nn(-c2ccccc2)c(N2CCCCC2)c1C=NNC(=O)c1ccc2c(c1)OCCO2. The van der Waals surface area contributed by atoms with Crippen molar-refractivity contribution in [1.29, 1.82) is 0 Å². The van der Waals surface area contributed by atoms with Crippen molar-refractivity contribution in [2.24, 2.45) is 5.10 Å². The van der Waals surface area contributed by atoms with Crippen LogP contribution in [0.5, 0.6) is 11.5 Å². The lowest BCUT2D eigenvalue weighted by molar-refractivity contribution is 0.0954. The Morgan fingerprint density at radius 1 is 1.03 bits per heavy atom. The summed E-state index contributed by atoms with van der Waals surface area (Å²) < 4.78 is 13.1. The van der Waals surface area contributed by atoms with Crippen molar-refractivity contribution in [3.8, 4) is 17.2 Å². The predicted molar refractivity (Wildman–Crippen MR) is 127 cm³/mol. The average molecular weight is 446 g/mol. The van der Waals surface area contributed by atoms with Crippen molar-refractivity contribution >= 4 is 17.9 Å². The summed E-state index contributed by atoms with van der Waals surface area (Å²) >= 11 is 0. The van der Waals surface area contributed by atoms with E-state index in [2.05, 4.69) is 15.4 Å². The fourth-order valence-electron chi connectivity index (χ4n) is 4.24. The van der Waals surface area contributed by atoms with Gasteiger partial charge in [-0.3, -0.25) is 4.79 Å². The fraction of sp³-hybridized carbons (Fsp3) is 0.320. The molecule has 33 heavy (non-hydrogen) atoms. The molecule has 0 saturated carbocycles. The summed E-state index contributed by atoms with van der Waals surface area (Å²) in [6, 6.07) is 15.2. The highest BCUT2D eigenvalue weighted by Gasteiger charge is 2.23. The van der Waals surface area contributed by atoms with Crippen LogP contribution in [0.1, 0.15) is 40.9 Å². The number of hydrogen-bond acceptors (Lipinski definition) is 6. The summed E-state index contributed by atoms with van der Waals surface area (Å²) in [6.45, 7) is 4.90. The van der Waals surface area contributed by atoms with E-state index in [1.54, 1.807) is 24.4 Å². The highest BCUT2D eigenvalue weighted by atomic mass is 16.6. The molecule has 3 heterocycles. The first kappa shape index (κ1) is 21.1. The van der Waals surface area contributed by atoms with E-state index in [9.17, 15) is 4.79 Å². The van der Waals surface area contributed by atoms with Gasteiger partial charge in [0.25, 0.3) is 5.91 Å². The number of piperidine rings is 1. The van der Waals surface area contributed by atoms with E-state index in [0.717, 1.165) is 48.7 Å². The third-order valence-corrected chi connectivity index (χ3v) is 5.90. The third kappa shape index (κ3) is 4.41. The number of benzene rings is 2. The predicted octanol–water partition coefficient (Wildman–Crippen LogP) is 3.71. The first-order chi connectivity index (χ1) is 16.2. The van der Waals surface area contributed by atoms with Gasteiger partial charge in [-0.1, -0.05) is 18.2 Å². The molecule has 1 fully saturated rings. The first-order valence-electron chi connectivity index (χ1n) is 11.3. The molecule has 1 N–H and O–H groups in total. The quantitative estimate of drug-likeness (QED) is 0.478. The van der Waals surface area contributed by atoms with E-state index in [4.69, 9.17) is 14.6 Å². The number of hydrazone groups is 1. The maximum atomic E-state index is 12.7. The molecular formula is C25H27N5O3. The molecule has 1 aromatic heterocycles. The molecule has 8 nitrogen and oxygen atoms in total. The molecule has 5 rings (SSSR count). The molecule has 0 aliphatic carbocycles. The van der Waals surface area contributed by atoms with E-state index >= 15 is 0 Å². The topological polar surface area (TPSA) is 81.0 Å². The lowest BCUT2D eigenvalue weighted by atomic mass is 10.1. The van der Waals surface area contributed by atoms with Gasteiger partial charge < -0.3 is 14.4 Å². The van der Waals surface area contributed by atoms with Gasteiger partial charge in [0.05, 0.1) is 23.2 Å². The second-order valence-electron chi connectivity index (χ2n) is 8.18. The number of carbonyl (C=O) groups excluding carboxylic acids is 1. The monoisotopic (exact) mass is 445 g/mol. The smallest absolute Gasteiger partial charge is 0.271 e. The van der Waals surface area contributed by atoms with E-state index in [0.29, 0.717) is 30.3 Å². The number of ether oxygens (including phenoxy) is 2. The van der Waals surface area contributed by atoms with Crippen LogP contribution in [-0.2, 0) is 0 Å². The van der Waals surface area contributed by atoms with Gasteiger partial charge in [-0.05, 0) is 56.5 Å². The minimum absolute atomic E-state index is 0.309. The summed E-state index contributed by atoms with van der Waals surface area (Å²) in [5.74, 6) is 1.92. The minimum atomic E-state index is -0.309. The third-order valence-electron chi connectivity index (χ3n) is 5.90. The zero-order valence-corrected chi connectivity index (χ0v) is 18.7. The number of aromatic nitrogens is 2. The molecular weight excluding hydrogens is 418 g/mol. The van der Waals surface area contributed by atoms with Crippen LogP contribution in [-0.4, -0.2) is 48.2 Å². The summed E-state index contributed by atoms with van der Waals surface area (Å²) in [5.41, 5.74) is 5.87. The van der Waals surface area contributed by atoms with Crippen LogP contribution in [0.15, 0.2) is 53.6 Å². The lowest BCUT2D eigenvalue weighted by Gasteiger charge is -2.29. The van der Waals surface area contributed by atoms with Crippen LogP contribution in [0, 0.1) is 6.92 Å². The molecule has 0 atom stereocenters. The second-order valence-corrected chi connectivity index (χ2v) is 8.18. The Hall–Kier alpha value is -3.81. The number of aryl methyl sites for hydroxylation is 1. The van der Waals surface area contributed by atoms with Gasteiger partial charge in [0.1, 0.15) is 19.0 Å². The summed E-state index contributed by atoms with van der Waals surface area (Å²) in [5, 5.41) is 9.08. The number of nitrogens with zero attached hydrogens (tertiary/aromatic N) is 4. The number of anilines is 1. The molecule has 1 saturated heterocycles. The molecule has 170 valence electrons. The van der Waals surface area contributed by atoms with Crippen molar-refractivity contribution < 1.29 is 14.3 Å². The molecule has 1 amide bonds. The zero-order chi connectivity index (χ0) is 22.6. The lowest BCUT2D eigenvalue weighted by Crippen LogP contribution is -2.32. The standard InChI is InChI=1S/C25H27N5O3/c1-18-21(17-26-27-24(31)19-10-11-22-23(16-19)33-15-14-32-22)25(29-12-6-3-7-13-29)30(28-18)20-8-4-2-5-9-20/h2,4-5,8-11,16-17H,3,6-7,12-15H2,1H3,(H,27,31). The van der Waals surface area contributed by atoms with Crippen LogP contribution in [0.25, 0.3) is 5.69 Å². The van der Waals surface area contributed by atoms with Gasteiger partial charge in [-0.15, -0.1) is 0 Å². The van der Waals surface area contributed by atoms with Crippen LogP contribution < -0.4 is 19.8 Å². The summed E-state index contributed by atoms with van der Waals surface area (Å²) in [7, 11) is 0. The molecule has 2 aromatic carbocycles. The normalized spacial score (nSPS) is 15.6. The summed E-state index contributed by atoms with van der Waals surface area (Å²) in [6.07, 6.45) is 5.23. The van der Waals surface area contributed by atoms with Crippen LogP contribution in [0.4, 0.5) is 5.82 Å². The minimum Gasteiger partial charge on any atom is -0.486 e. The van der Waals surface area contributed by atoms with E-state index in [-0.39, 0.29) is 5.91 Å². The number of nitrogens with one attached hydrogen (secondary N) is 1. The zero-order valence-electron chi connectivity index (χ0n) is 18.7.